The van der Waals surface area contributed by atoms with Crippen LogP contribution in [0.2, 0.25) is 0 Å². The Morgan fingerprint density at radius 2 is 1.04 bits per heavy atom. The van der Waals surface area contributed by atoms with Gasteiger partial charge in [0.1, 0.15) is 19.8 Å². The van der Waals surface area contributed by atoms with Gasteiger partial charge in [0.15, 0.2) is 16.2 Å². The van der Waals surface area contributed by atoms with Crippen LogP contribution in [0.25, 0.3) is 0 Å². The highest BCUT2D eigenvalue weighted by atomic mass is 32.1. The number of likely N-dealkylation sites (N-methyl/N-ethyl adjacent to an activating group) is 1. The Balaban J connectivity index is 4.41. The third-order valence-corrected chi connectivity index (χ3v) is 9.74. The molecule has 0 aliphatic rings. The molecular formula is C40H73NO6PS2+. The van der Waals surface area contributed by atoms with E-state index in [1.165, 1.54) is 89.9 Å². The number of phosphoric ester groups is 1. The van der Waals surface area contributed by atoms with E-state index in [1.807, 2.05) is 21.1 Å². The highest BCUT2D eigenvalue weighted by molar-refractivity contribution is 7.80. The molecule has 1 N–H and O–H groups in total. The maximum atomic E-state index is 12.5. The van der Waals surface area contributed by atoms with Gasteiger partial charge in [0.25, 0.3) is 0 Å². The fourth-order valence-corrected chi connectivity index (χ4v) is 6.37. The molecule has 0 fully saturated rings. The molecule has 0 rings (SSSR count). The van der Waals surface area contributed by atoms with E-state index >= 15 is 0 Å². The lowest BCUT2D eigenvalue weighted by Crippen LogP contribution is -2.37. The smallest absolute Gasteiger partial charge is 0.472 e. The first-order valence-electron chi connectivity index (χ1n) is 19.7. The van der Waals surface area contributed by atoms with E-state index in [2.05, 4.69) is 37.5 Å². The van der Waals surface area contributed by atoms with E-state index in [-0.39, 0.29) is 19.8 Å². The molecule has 0 aliphatic heterocycles. The summed E-state index contributed by atoms with van der Waals surface area (Å²) in [4.78, 5) is 10.2. The molecule has 0 saturated heterocycles. The summed E-state index contributed by atoms with van der Waals surface area (Å²) in [5.41, 5.74) is 0. The van der Waals surface area contributed by atoms with Crippen molar-refractivity contribution in [2.24, 2.45) is 0 Å². The Morgan fingerprint density at radius 1 is 0.620 bits per heavy atom. The van der Waals surface area contributed by atoms with Crippen molar-refractivity contribution >= 4 is 42.4 Å². The normalized spacial score (nSPS) is 13.0. The van der Waals surface area contributed by atoms with Crippen LogP contribution in [0.1, 0.15) is 168 Å². The maximum Gasteiger partial charge on any atom is 0.472 e. The number of rotatable bonds is 32. The predicted octanol–water partition coefficient (Wildman–Crippen LogP) is 11.3. The van der Waals surface area contributed by atoms with E-state index in [4.69, 9.17) is 43.0 Å². The summed E-state index contributed by atoms with van der Waals surface area (Å²) < 4.78 is 35.5. The zero-order valence-electron chi connectivity index (χ0n) is 32.6. The van der Waals surface area contributed by atoms with Gasteiger partial charge in [-0.1, -0.05) is 104 Å². The van der Waals surface area contributed by atoms with E-state index in [0.29, 0.717) is 34.0 Å². The van der Waals surface area contributed by atoms with Crippen LogP contribution in [-0.4, -0.2) is 73.1 Å². The van der Waals surface area contributed by atoms with E-state index in [0.717, 1.165) is 51.4 Å². The van der Waals surface area contributed by atoms with Gasteiger partial charge < -0.3 is 18.9 Å². The van der Waals surface area contributed by atoms with Crippen molar-refractivity contribution < 1.29 is 32.5 Å². The van der Waals surface area contributed by atoms with Crippen LogP contribution < -0.4 is 0 Å². The number of phosphoric acid groups is 1. The molecule has 0 amide bonds. The van der Waals surface area contributed by atoms with Gasteiger partial charge in [-0.3, -0.25) is 9.05 Å². The molecule has 10 heteroatoms. The van der Waals surface area contributed by atoms with Gasteiger partial charge in [0.05, 0.1) is 27.7 Å². The van der Waals surface area contributed by atoms with Gasteiger partial charge >= 0.3 is 7.82 Å². The predicted molar refractivity (Wildman–Crippen MR) is 218 cm³/mol. The Labute approximate surface area is 318 Å². The molecule has 0 radical (unpaired) electrons. The zero-order valence-corrected chi connectivity index (χ0v) is 35.1. The van der Waals surface area contributed by atoms with Crippen LogP contribution in [0, 0.1) is 23.7 Å². The Hall–Kier alpha value is -1.03. The summed E-state index contributed by atoms with van der Waals surface area (Å²) in [5.74, 6) is 12.7. The van der Waals surface area contributed by atoms with Crippen molar-refractivity contribution in [3.05, 3.63) is 0 Å². The minimum absolute atomic E-state index is 0.102. The lowest BCUT2D eigenvalue weighted by atomic mass is 10.1. The molecular weight excluding hydrogens is 686 g/mol. The van der Waals surface area contributed by atoms with Gasteiger partial charge in [-0.15, -0.1) is 23.7 Å². The van der Waals surface area contributed by atoms with Gasteiger partial charge in [0, 0.05) is 38.5 Å². The third kappa shape index (κ3) is 36.8. The largest absolute Gasteiger partial charge is 0.483 e. The topological polar surface area (TPSA) is 74.2 Å². The van der Waals surface area contributed by atoms with Crippen molar-refractivity contribution in [3.8, 4) is 23.7 Å². The molecule has 0 saturated carbocycles. The number of ether oxygens (including phenoxy) is 2. The highest BCUT2D eigenvalue weighted by Gasteiger charge is 2.26. The first-order valence-corrected chi connectivity index (χ1v) is 22.0. The average Bonchev–Trinajstić information content (AvgIpc) is 3.06. The molecule has 0 aliphatic carbocycles. The summed E-state index contributed by atoms with van der Waals surface area (Å²) in [5, 5.41) is 0.982. The zero-order chi connectivity index (χ0) is 37.2. The van der Waals surface area contributed by atoms with Gasteiger partial charge in [-0.2, -0.15) is 0 Å². The lowest BCUT2D eigenvalue weighted by molar-refractivity contribution is -0.870. The number of hydrogen-bond donors (Lipinski definition) is 1. The molecule has 2 atom stereocenters. The lowest BCUT2D eigenvalue weighted by Gasteiger charge is -2.24. The first-order chi connectivity index (χ1) is 24.0. The number of nitrogens with zero attached hydrogens (tertiary/aromatic N) is 1. The number of quaternary nitrogens is 1. The molecule has 0 heterocycles. The molecule has 290 valence electrons. The minimum atomic E-state index is -4.25. The van der Waals surface area contributed by atoms with Crippen molar-refractivity contribution in [2.45, 2.75) is 174 Å². The second-order valence-electron chi connectivity index (χ2n) is 14.2. The van der Waals surface area contributed by atoms with Crippen molar-refractivity contribution in [3.63, 3.8) is 0 Å². The van der Waals surface area contributed by atoms with Crippen LogP contribution in [-0.2, 0) is 23.1 Å². The summed E-state index contributed by atoms with van der Waals surface area (Å²) in [6.45, 7) is 4.78. The quantitative estimate of drug-likeness (QED) is 0.0239. The molecule has 0 aromatic rings. The Kier molecular flexibility index (Phi) is 33.1. The summed E-state index contributed by atoms with van der Waals surface area (Å²) in [6.07, 6.45) is 26.4. The number of hydrogen-bond acceptors (Lipinski definition) is 7. The van der Waals surface area contributed by atoms with Gasteiger partial charge in [-0.25, -0.2) is 4.57 Å². The van der Waals surface area contributed by atoms with Crippen LogP contribution in [0.3, 0.4) is 0 Å². The van der Waals surface area contributed by atoms with Crippen molar-refractivity contribution in [1.29, 1.82) is 0 Å². The standard InChI is InChI=1S/C40H72NO6PS2/c1-6-8-10-12-14-16-18-20-22-24-26-28-30-32-39(49)44-36-38(37-46-48(42,43)45-35-34-41(3,4)5)47-40(50)33-31-29-27-25-23-21-19-17-15-13-11-9-7-2/h38H,6-7,12-37H2,1-5H3/p+1/t38-/m1/s1. The molecule has 1 unspecified atom stereocenters. The molecule has 0 bridgehead atoms. The molecule has 0 spiro atoms. The monoisotopic (exact) mass is 758 g/mol. The molecule has 50 heavy (non-hydrogen) atoms. The Morgan fingerprint density at radius 3 is 1.48 bits per heavy atom. The fraction of sp³-hybridized carbons (Fsp3) is 0.850. The highest BCUT2D eigenvalue weighted by Crippen LogP contribution is 2.43. The maximum absolute atomic E-state index is 12.5. The van der Waals surface area contributed by atoms with Crippen LogP contribution >= 0.6 is 32.3 Å². The third-order valence-electron chi connectivity index (χ3n) is 8.14. The number of thiocarbonyl (C=S) groups is 2. The van der Waals surface area contributed by atoms with E-state index < -0.39 is 13.9 Å². The molecule has 0 aromatic heterocycles. The van der Waals surface area contributed by atoms with Crippen LogP contribution in [0.5, 0.6) is 0 Å². The average molecular weight is 759 g/mol. The second kappa shape index (κ2) is 33.8. The minimum Gasteiger partial charge on any atom is -0.483 e. The second-order valence-corrected chi connectivity index (χ2v) is 16.5. The van der Waals surface area contributed by atoms with Crippen molar-refractivity contribution in [2.75, 3.05) is 47.5 Å². The Bertz CT molecular complexity index is 1030. The van der Waals surface area contributed by atoms with Gasteiger partial charge in [-0.05, 0) is 50.1 Å². The van der Waals surface area contributed by atoms with E-state index in [1.54, 1.807) is 0 Å². The molecule has 7 nitrogen and oxygen atoms in total. The fourth-order valence-electron chi connectivity index (χ4n) is 5.13. The number of unbranched alkanes of at least 4 members (excludes halogenated alkanes) is 18. The van der Waals surface area contributed by atoms with Crippen molar-refractivity contribution in [1.82, 2.24) is 0 Å². The summed E-state index contributed by atoms with van der Waals surface area (Å²) in [6, 6.07) is 0. The SMILES string of the molecule is CCC#CCCCCCCCCCCCC(=S)OC[C@H](COP(=O)(O)OCC[N+](C)(C)C)OC(=S)CCCCCCCCCCCC#CCC. The summed E-state index contributed by atoms with van der Waals surface area (Å²) in [7, 11) is 1.71. The van der Waals surface area contributed by atoms with Crippen LogP contribution in [0.4, 0.5) is 0 Å². The summed E-state index contributed by atoms with van der Waals surface area (Å²) >= 11 is 11.0. The van der Waals surface area contributed by atoms with E-state index in [9.17, 15) is 9.46 Å². The van der Waals surface area contributed by atoms with Gasteiger partial charge in [0.2, 0.25) is 0 Å². The van der Waals surface area contributed by atoms with Crippen LogP contribution in [0.15, 0.2) is 0 Å². The molecule has 0 aromatic carbocycles. The first kappa shape index (κ1) is 49.0.